The molecule has 144 valence electrons. The Morgan fingerprint density at radius 1 is 0.880 bits per heavy atom. The van der Waals surface area contributed by atoms with Gasteiger partial charge in [-0.3, -0.25) is 0 Å². The van der Waals surface area contributed by atoms with Crippen molar-refractivity contribution in [2.75, 3.05) is 6.61 Å². The second-order valence-electron chi connectivity index (χ2n) is 10.4. The average molecular weight is 367 g/mol. The number of aliphatic hydroxyl groups is 1. The van der Waals surface area contributed by atoms with Gasteiger partial charge >= 0.3 is 0 Å². The van der Waals surface area contributed by atoms with E-state index in [0.717, 1.165) is 12.3 Å². The van der Waals surface area contributed by atoms with Crippen molar-refractivity contribution >= 4 is 7.14 Å². The minimum Gasteiger partial charge on any atom is -0.396 e. The number of rotatable bonds is 4. The van der Waals surface area contributed by atoms with Gasteiger partial charge in [0.2, 0.25) is 0 Å². The molecule has 5 aliphatic carbocycles. The molecular formula is C22H39O2P. The second-order valence-corrected chi connectivity index (χ2v) is 14.0. The Balaban J connectivity index is 1.66. The summed E-state index contributed by atoms with van der Waals surface area (Å²) in [6.07, 6.45) is 15.1. The third-order valence-corrected chi connectivity index (χ3v) is 14.0. The van der Waals surface area contributed by atoms with E-state index in [1.807, 2.05) is 0 Å². The lowest BCUT2D eigenvalue weighted by atomic mass is 9.45. The smallest absolute Gasteiger partial charge is 0.0968 e. The van der Waals surface area contributed by atoms with Gasteiger partial charge in [0.1, 0.15) is 0 Å². The monoisotopic (exact) mass is 366 g/mol. The summed E-state index contributed by atoms with van der Waals surface area (Å²) in [4.78, 5) is 0. The normalized spacial score (nSPS) is 39.8. The molecule has 0 aliphatic heterocycles. The average Bonchev–Trinajstić information content (AvgIpc) is 2.68. The first kappa shape index (κ1) is 18.5. The first-order chi connectivity index (χ1) is 12.0. The zero-order valence-electron chi connectivity index (χ0n) is 16.5. The molecule has 2 nitrogen and oxygen atoms in total. The first-order valence-corrected chi connectivity index (χ1v) is 13.1. The maximum atomic E-state index is 14.9. The summed E-state index contributed by atoms with van der Waals surface area (Å²) in [5, 5.41) is 10.3. The lowest BCUT2D eigenvalue weighted by molar-refractivity contribution is -0.114. The van der Waals surface area contributed by atoms with E-state index < -0.39 is 7.14 Å². The van der Waals surface area contributed by atoms with Crippen LogP contribution < -0.4 is 0 Å². The fraction of sp³-hybridized carbons (Fsp3) is 1.00. The zero-order valence-corrected chi connectivity index (χ0v) is 17.4. The molecule has 5 aliphatic rings. The molecule has 5 fully saturated rings. The minimum absolute atomic E-state index is 0.273. The summed E-state index contributed by atoms with van der Waals surface area (Å²) < 4.78 is 14.9. The van der Waals surface area contributed by atoms with Crippen LogP contribution in [0.2, 0.25) is 0 Å². The minimum atomic E-state index is -2.24. The van der Waals surface area contributed by atoms with Crippen molar-refractivity contribution in [3.05, 3.63) is 0 Å². The van der Waals surface area contributed by atoms with Gasteiger partial charge in [-0.1, -0.05) is 52.4 Å². The molecule has 0 amide bonds. The Kier molecular flexibility index (Phi) is 5.17. The van der Waals surface area contributed by atoms with E-state index in [-0.39, 0.29) is 6.61 Å². The van der Waals surface area contributed by atoms with Crippen LogP contribution in [0.25, 0.3) is 0 Å². The van der Waals surface area contributed by atoms with Crippen LogP contribution in [0.4, 0.5) is 0 Å². The van der Waals surface area contributed by atoms with Crippen molar-refractivity contribution in [2.24, 2.45) is 23.2 Å². The number of hydrogen-bond donors (Lipinski definition) is 1. The first-order valence-electron chi connectivity index (χ1n) is 11.2. The molecule has 2 bridgehead atoms. The molecule has 25 heavy (non-hydrogen) atoms. The van der Waals surface area contributed by atoms with Gasteiger partial charge in [-0.2, -0.15) is 0 Å². The highest BCUT2D eigenvalue weighted by Crippen LogP contribution is 2.74. The van der Waals surface area contributed by atoms with Crippen LogP contribution in [-0.2, 0) is 4.57 Å². The molecule has 0 radical (unpaired) electrons. The molecule has 0 aromatic rings. The molecular weight excluding hydrogens is 327 g/mol. The van der Waals surface area contributed by atoms with Crippen LogP contribution in [0.1, 0.15) is 90.9 Å². The highest BCUT2D eigenvalue weighted by Gasteiger charge is 2.62. The van der Waals surface area contributed by atoms with Crippen molar-refractivity contribution < 1.29 is 9.67 Å². The Hall–Kier alpha value is 0.190. The molecule has 0 heterocycles. The van der Waals surface area contributed by atoms with Gasteiger partial charge in [0, 0.05) is 23.6 Å². The van der Waals surface area contributed by atoms with Crippen molar-refractivity contribution in [3.63, 3.8) is 0 Å². The van der Waals surface area contributed by atoms with E-state index in [2.05, 4.69) is 13.8 Å². The fourth-order valence-corrected chi connectivity index (χ4v) is 12.9. The largest absolute Gasteiger partial charge is 0.396 e. The number of fused-ring (bicyclic) bond motifs is 2. The molecule has 3 heteroatoms. The summed E-state index contributed by atoms with van der Waals surface area (Å²) >= 11 is 0. The van der Waals surface area contributed by atoms with Gasteiger partial charge in [0.25, 0.3) is 0 Å². The van der Waals surface area contributed by atoms with E-state index in [1.54, 1.807) is 0 Å². The quantitative estimate of drug-likeness (QED) is 0.614. The predicted octanol–water partition coefficient (Wildman–Crippen LogP) is 6.06. The Morgan fingerprint density at radius 3 is 1.84 bits per heavy atom. The number of hydrogen-bond acceptors (Lipinski definition) is 2. The molecule has 5 rings (SSSR count). The van der Waals surface area contributed by atoms with Gasteiger partial charge < -0.3 is 9.67 Å². The van der Waals surface area contributed by atoms with Crippen LogP contribution >= 0.6 is 7.14 Å². The van der Waals surface area contributed by atoms with Crippen LogP contribution in [-0.4, -0.2) is 28.7 Å². The summed E-state index contributed by atoms with van der Waals surface area (Å²) in [6.45, 7) is 5.07. The molecule has 5 saturated carbocycles. The maximum Gasteiger partial charge on any atom is 0.0968 e. The highest BCUT2D eigenvalue weighted by molar-refractivity contribution is 7.66. The Bertz CT molecular complexity index is 494. The second kappa shape index (κ2) is 6.97. The molecule has 2 unspecified atom stereocenters. The van der Waals surface area contributed by atoms with Crippen molar-refractivity contribution in [2.45, 2.75) is 108 Å². The predicted molar refractivity (Wildman–Crippen MR) is 106 cm³/mol. The lowest BCUT2D eigenvalue weighted by Gasteiger charge is -2.64. The molecule has 4 atom stereocenters. The SMILES string of the molecule is CC1(C)C2CC1[C@@H](CO)[C@H](P(=O)(C1CCCCC1)C1CCCCC1)C2. The highest BCUT2D eigenvalue weighted by atomic mass is 31.2. The van der Waals surface area contributed by atoms with Crippen LogP contribution in [0.15, 0.2) is 0 Å². The lowest BCUT2D eigenvalue weighted by Crippen LogP contribution is -2.59. The molecule has 0 spiro atoms. The van der Waals surface area contributed by atoms with E-state index >= 15 is 0 Å². The molecule has 0 aromatic heterocycles. The number of aliphatic hydroxyl groups excluding tert-OH is 1. The van der Waals surface area contributed by atoms with E-state index in [9.17, 15) is 9.67 Å². The standard InChI is InChI=1S/C22H39O2P/c1-22(2)16-13-20(22)19(15-23)21(14-16)25(24,17-9-5-3-6-10-17)18-11-7-4-8-12-18/h16-21,23H,3-15H2,1-2H3/t16?,19-,20?,21-/m1/s1. The maximum absolute atomic E-state index is 14.9. The third-order valence-electron chi connectivity index (χ3n) is 9.10. The van der Waals surface area contributed by atoms with E-state index in [0.29, 0.717) is 34.2 Å². The summed E-state index contributed by atoms with van der Waals surface area (Å²) in [7, 11) is -2.24. The van der Waals surface area contributed by atoms with Gasteiger partial charge in [0.15, 0.2) is 0 Å². The van der Waals surface area contributed by atoms with Gasteiger partial charge in [0.05, 0.1) is 7.14 Å². The Morgan fingerprint density at radius 2 is 1.40 bits per heavy atom. The summed E-state index contributed by atoms with van der Waals surface area (Å²) in [5.41, 5.74) is 1.70. The van der Waals surface area contributed by atoms with Crippen molar-refractivity contribution in [3.8, 4) is 0 Å². The van der Waals surface area contributed by atoms with E-state index in [4.69, 9.17) is 0 Å². The van der Waals surface area contributed by atoms with Crippen LogP contribution in [0.3, 0.4) is 0 Å². The van der Waals surface area contributed by atoms with Crippen LogP contribution in [0, 0.1) is 23.2 Å². The topological polar surface area (TPSA) is 37.3 Å². The summed E-state index contributed by atoms with van der Waals surface area (Å²) in [5.74, 6) is 1.68. The zero-order chi connectivity index (χ0) is 17.7. The fourth-order valence-electron chi connectivity index (χ4n) is 7.44. The Labute approximate surface area is 154 Å². The van der Waals surface area contributed by atoms with Crippen LogP contribution in [0.5, 0.6) is 0 Å². The molecule has 0 aromatic carbocycles. The van der Waals surface area contributed by atoms with Gasteiger partial charge in [-0.15, -0.1) is 0 Å². The van der Waals surface area contributed by atoms with Gasteiger partial charge in [-0.25, -0.2) is 0 Å². The summed E-state index contributed by atoms with van der Waals surface area (Å²) in [6, 6.07) is 0. The van der Waals surface area contributed by atoms with Gasteiger partial charge in [-0.05, 0) is 61.7 Å². The van der Waals surface area contributed by atoms with Crippen molar-refractivity contribution in [1.29, 1.82) is 0 Å². The van der Waals surface area contributed by atoms with Crippen molar-refractivity contribution in [1.82, 2.24) is 0 Å². The van der Waals surface area contributed by atoms with E-state index in [1.165, 1.54) is 70.6 Å². The molecule has 1 N–H and O–H groups in total. The molecule has 0 saturated heterocycles. The third kappa shape index (κ3) is 2.89.